The van der Waals surface area contributed by atoms with Crippen LogP contribution in [0, 0.1) is 0 Å². The maximum atomic E-state index is 5.59. The lowest BCUT2D eigenvalue weighted by Crippen LogP contribution is -1.86. The molecule has 1 aromatic carbocycles. The summed E-state index contributed by atoms with van der Waals surface area (Å²) in [5.41, 5.74) is 6.26. The average molecular weight is 283 g/mol. The Kier molecular flexibility index (Phi) is 2.66. The highest BCUT2D eigenvalue weighted by Crippen LogP contribution is 2.30. The van der Waals surface area contributed by atoms with Crippen LogP contribution in [-0.2, 0) is 0 Å². The first-order chi connectivity index (χ1) is 4.61. The zero-order valence-corrected chi connectivity index (χ0v) is 9.00. The molecule has 10 heavy (non-hydrogen) atoms. The average Bonchev–Trinajstić information content (AvgIpc) is 1.82. The molecule has 0 unspecified atom stereocenters. The van der Waals surface area contributed by atoms with Crippen molar-refractivity contribution in [3.63, 3.8) is 0 Å². The van der Waals surface area contributed by atoms with Crippen molar-refractivity contribution in [2.75, 3.05) is 5.73 Å². The predicted molar refractivity (Wildman–Crippen MR) is 53.5 cm³/mol. The topological polar surface area (TPSA) is 26.0 Å². The predicted octanol–water partition coefficient (Wildman–Crippen LogP) is 3.08. The van der Waals surface area contributed by atoms with Gasteiger partial charge < -0.3 is 5.73 Å². The van der Waals surface area contributed by atoms with Crippen LogP contribution in [0.1, 0.15) is 0 Å². The Morgan fingerprint density at radius 1 is 1.30 bits per heavy atom. The van der Waals surface area contributed by atoms with Crippen LogP contribution in [-0.4, -0.2) is 0 Å². The second kappa shape index (κ2) is 3.15. The van der Waals surface area contributed by atoms with Gasteiger partial charge in [0.25, 0.3) is 0 Å². The highest BCUT2D eigenvalue weighted by molar-refractivity contribution is 9.11. The molecule has 0 amide bonds. The molecule has 0 spiro atoms. The van der Waals surface area contributed by atoms with Crippen LogP contribution in [0.15, 0.2) is 26.0 Å². The van der Waals surface area contributed by atoms with Crippen molar-refractivity contribution >= 4 is 50.2 Å². The SMILES string of the molecule is Nc1cc(Br)cc(Br)c1S. The molecular weight excluding hydrogens is 278 g/mol. The van der Waals surface area contributed by atoms with E-state index in [4.69, 9.17) is 5.73 Å². The smallest absolute Gasteiger partial charge is 0.0472 e. The molecule has 0 heterocycles. The van der Waals surface area contributed by atoms with E-state index in [1.165, 1.54) is 0 Å². The van der Waals surface area contributed by atoms with E-state index in [1.54, 1.807) is 0 Å². The van der Waals surface area contributed by atoms with E-state index in [0.717, 1.165) is 13.8 Å². The molecule has 1 nitrogen and oxygen atoms in total. The minimum absolute atomic E-state index is 0.671. The van der Waals surface area contributed by atoms with Crippen molar-refractivity contribution < 1.29 is 0 Å². The van der Waals surface area contributed by atoms with Gasteiger partial charge in [0.15, 0.2) is 0 Å². The molecule has 4 heteroatoms. The number of nitrogen functional groups attached to an aromatic ring is 1. The Morgan fingerprint density at radius 2 is 1.90 bits per heavy atom. The van der Waals surface area contributed by atoms with Gasteiger partial charge in [-0.15, -0.1) is 12.6 Å². The molecular formula is C6H5Br2NS. The number of halogens is 2. The summed E-state index contributed by atoms with van der Waals surface area (Å²) in [6.45, 7) is 0. The first kappa shape index (κ1) is 8.43. The molecule has 0 aromatic heterocycles. The quantitative estimate of drug-likeness (QED) is 0.555. The Labute approximate surface area is 81.7 Å². The van der Waals surface area contributed by atoms with E-state index < -0.39 is 0 Å². The number of anilines is 1. The summed E-state index contributed by atoms with van der Waals surface area (Å²) in [4.78, 5) is 0.781. The van der Waals surface area contributed by atoms with Gasteiger partial charge in [0.05, 0.1) is 0 Å². The molecule has 0 saturated heterocycles. The van der Waals surface area contributed by atoms with Gasteiger partial charge in [-0.3, -0.25) is 0 Å². The van der Waals surface area contributed by atoms with Gasteiger partial charge >= 0.3 is 0 Å². The molecule has 54 valence electrons. The van der Waals surface area contributed by atoms with Crippen molar-refractivity contribution in [2.24, 2.45) is 0 Å². The molecule has 1 aromatic rings. The fourth-order valence-electron chi connectivity index (χ4n) is 0.586. The maximum Gasteiger partial charge on any atom is 0.0472 e. The summed E-state index contributed by atoms with van der Waals surface area (Å²) < 4.78 is 1.86. The lowest BCUT2D eigenvalue weighted by Gasteiger charge is -2.01. The molecule has 0 aliphatic heterocycles. The fraction of sp³-hybridized carbons (Fsp3) is 0. The molecule has 0 radical (unpaired) electrons. The van der Waals surface area contributed by atoms with E-state index in [-0.39, 0.29) is 0 Å². The van der Waals surface area contributed by atoms with Gasteiger partial charge in [0, 0.05) is 19.5 Å². The number of benzene rings is 1. The van der Waals surface area contributed by atoms with E-state index in [0.29, 0.717) is 5.69 Å². The normalized spacial score (nSPS) is 9.90. The molecule has 0 bridgehead atoms. The number of hydrogen-bond acceptors (Lipinski definition) is 2. The maximum absolute atomic E-state index is 5.59. The first-order valence-corrected chi connectivity index (χ1v) is 4.58. The van der Waals surface area contributed by atoms with E-state index in [2.05, 4.69) is 44.5 Å². The standard InChI is InChI=1S/C6H5Br2NS/c7-3-1-4(8)6(10)5(9)2-3/h1-2,10H,9H2. The zero-order valence-electron chi connectivity index (χ0n) is 4.94. The van der Waals surface area contributed by atoms with Crippen molar-refractivity contribution in [1.82, 2.24) is 0 Å². The minimum atomic E-state index is 0.671. The first-order valence-electron chi connectivity index (χ1n) is 2.54. The van der Waals surface area contributed by atoms with Crippen molar-refractivity contribution in [2.45, 2.75) is 4.90 Å². The summed E-state index contributed by atoms with van der Waals surface area (Å²) in [5, 5.41) is 0. The van der Waals surface area contributed by atoms with Crippen LogP contribution in [0.25, 0.3) is 0 Å². The lowest BCUT2D eigenvalue weighted by molar-refractivity contribution is 1.40. The second-order valence-corrected chi connectivity index (χ2v) is 4.04. The monoisotopic (exact) mass is 281 g/mol. The zero-order chi connectivity index (χ0) is 7.72. The Morgan fingerprint density at radius 3 is 2.40 bits per heavy atom. The van der Waals surface area contributed by atoms with Crippen LogP contribution in [0.3, 0.4) is 0 Å². The highest BCUT2D eigenvalue weighted by atomic mass is 79.9. The van der Waals surface area contributed by atoms with Crippen LogP contribution >= 0.6 is 44.5 Å². The van der Waals surface area contributed by atoms with Gasteiger partial charge in [-0.05, 0) is 28.1 Å². The summed E-state index contributed by atoms with van der Waals surface area (Å²) >= 11 is 10.8. The van der Waals surface area contributed by atoms with Crippen LogP contribution in [0.5, 0.6) is 0 Å². The summed E-state index contributed by atoms with van der Waals surface area (Å²) in [7, 11) is 0. The van der Waals surface area contributed by atoms with E-state index in [9.17, 15) is 0 Å². The van der Waals surface area contributed by atoms with Crippen molar-refractivity contribution in [1.29, 1.82) is 0 Å². The van der Waals surface area contributed by atoms with Crippen LogP contribution < -0.4 is 5.73 Å². The van der Waals surface area contributed by atoms with Gasteiger partial charge in [-0.2, -0.15) is 0 Å². The molecule has 0 aliphatic carbocycles. The largest absolute Gasteiger partial charge is 0.398 e. The number of nitrogens with two attached hydrogens (primary N) is 1. The van der Waals surface area contributed by atoms with Crippen molar-refractivity contribution in [3.8, 4) is 0 Å². The Balaban J connectivity index is 3.31. The third-order valence-electron chi connectivity index (χ3n) is 1.06. The Hall–Kier alpha value is 0.330. The molecule has 0 atom stereocenters. The third-order valence-corrected chi connectivity index (χ3v) is 2.95. The molecule has 2 N–H and O–H groups in total. The van der Waals surface area contributed by atoms with Crippen LogP contribution in [0.4, 0.5) is 5.69 Å². The summed E-state index contributed by atoms with van der Waals surface area (Å²) in [6, 6.07) is 3.71. The minimum Gasteiger partial charge on any atom is -0.398 e. The third kappa shape index (κ3) is 1.68. The molecule has 0 aliphatic rings. The summed E-state index contributed by atoms with van der Waals surface area (Å²) in [5.74, 6) is 0. The molecule has 1 rings (SSSR count). The van der Waals surface area contributed by atoms with Crippen LogP contribution in [0.2, 0.25) is 0 Å². The van der Waals surface area contributed by atoms with Gasteiger partial charge in [-0.1, -0.05) is 15.9 Å². The molecule has 0 saturated carbocycles. The lowest BCUT2D eigenvalue weighted by atomic mass is 10.3. The summed E-state index contributed by atoms with van der Waals surface area (Å²) in [6.07, 6.45) is 0. The number of thiol groups is 1. The van der Waals surface area contributed by atoms with E-state index in [1.807, 2.05) is 12.1 Å². The van der Waals surface area contributed by atoms with Crippen molar-refractivity contribution in [3.05, 3.63) is 21.1 Å². The van der Waals surface area contributed by atoms with Gasteiger partial charge in [0.2, 0.25) is 0 Å². The number of rotatable bonds is 0. The second-order valence-electron chi connectivity index (χ2n) is 1.83. The molecule has 0 fully saturated rings. The fourth-order valence-corrected chi connectivity index (χ4v) is 1.97. The number of hydrogen-bond donors (Lipinski definition) is 2. The van der Waals surface area contributed by atoms with E-state index >= 15 is 0 Å². The Bertz CT molecular complexity index is 239. The van der Waals surface area contributed by atoms with Gasteiger partial charge in [-0.25, -0.2) is 0 Å². The highest BCUT2D eigenvalue weighted by Gasteiger charge is 2.00. The van der Waals surface area contributed by atoms with Gasteiger partial charge in [0.1, 0.15) is 0 Å².